The summed E-state index contributed by atoms with van der Waals surface area (Å²) in [6.45, 7) is 3.64. The zero-order valence-electron chi connectivity index (χ0n) is 12.6. The third-order valence-corrected chi connectivity index (χ3v) is 3.28. The molecule has 0 aromatic heterocycles. The van der Waals surface area contributed by atoms with Crippen molar-refractivity contribution in [2.24, 2.45) is 0 Å². The summed E-state index contributed by atoms with van der Waals surface area (Å²) in [7, 11) is 0. The molecule has 2 rings (SSSR count). The zero-order valence-corrected chi connectivity index (χ0v) is 12.6. The van der Waals surface area contributed by atoms with E-state index in [1.807, 2.05) is 50.2 Å². The largest absolute Gasteiger partial charge is 1.00 e. The monoisotopic (exact) mass is 262 g/mol. The van der Waals surface area contributed by atoms with Crippen molar-refractivity contribution >= 4 is 17.5 Å². The van der Waals surface area contributed by atoms with Gasteiger partial charge in [-0.05, 0) is 27.1 Å². The van der Waals surface area contributed by atoms with Gasteiger partial charge in [0.15, 0.2) is 0 Å². The fourth-order valence-corrected chi connectivity index (χ4v) is 2.51. The first-order chi connectivity index (χ1) is 9.33. The number of rotatable bonds is 6. The van der Waals surface area contributed by atoms with Crippen LogP contribution in [0.15, 0.2) is 60.7 Å². The van der Waals surface area contributed by atoms with E-state index in [9.17, 15) is 0 Å². The van der Waals surface area contributed by atoms with Crippen molar-refractivity contribution in [2.45, 2.75) is 13.8 Å². The van der Waals surface area contributed by atoms with Gasteiger partial charge in [-0.15, -0.1) is 10.9 Å². The molecule has 0 fully saturated rings. The van der Waals surface area contributed by atoms with Gasteiger partial charge in [0.05, 0.1) is 0 Å². The summed E-state index contributed by atoms with van der Waals surface area (Å²) in [5.41, 5.74) is 2.16. The Hall–Kier alpha value is -0.978. The van der Waals surface area contributed by atoms with Crippen LogP contribution in [0, 0.1) is 0 Å². The Balaban J connectivity index is 0.00000200. The maximum absolute atomic E-state index is 6.08. The Labute approximate surface area is 133 Å². The van der Waals surface area contributed by atoms with Gasteiger partial charge >= 0.3 is 18.9 Å². The average Bonchev–Trinajstić information content (AvgIpc) is 2.49. The molecular weight excluding hydrogens is 242 g/mol. The normalized spacial score (nSPS) is 10.9. The van der Waals surface area contributed by atoms with Crippen LogP contribution in [0.3, 0.4) is 0 Å². The summed E-state index contributed by atoms with van der Waals surface area (Å²) < 4.78 is 12.2. The quantitative estimate of drug-likeness (QED) is 0.642. The van der Waals surface area contributed by atoms with Crippen LogP contribution in [0.25, 0.3) is 0 Å². The van der Waals surface area contributed by atoms with E-state index >= 15 is 0 Å². The molecule has 0 aliphatic carbocycles. The zero-order chi connectivity index (χ0) is 13.6. The summed E-state index contributed by atoms with van der Waals surface area (Å²) in [4.78, 5) is 0. The van der Waals surface area contributed by atoms with E-state index in [-0.39, 0.29) is 18.9 Å². The molecule has 0 saturated heterocycles. The van der Waals surface area contributed by atoms with Crippen molar-refractivity contribution in [3.8, 4) is 0 Å². The molecule has 0 N–H and O–H groups in total. The van der Waals surface area contributed by atoms with Crippen molar-refractivity contribution < 1.29 is 28.2 Å². The van der Waals surface area contributed by atoms with Crippen molar-refractivity contribution in [3.05, 3.63) is 60.7 Å². The second kappa shape index (κ2) is 8.34. The predicted molar refractivity (Wildman–Crippen MR) is 81.2 cm³/mol. The van der Waals surface area contributed by atoms with E-state index in [0.29, 0.717) is 13.2 Å². The second-order valence-electron chi connectivity index (χ2n) is 4.44. The summed E-state index contributed by atoms with van der Waals surface area (Å²) in [6, 6.07) is 20.4. The van der Waals surface area contributed by atoms with Crippen LogP contribution in [0.2, 0.25) is 0 Å². The molecule has 100 valence electrons. The van der Waals surface area contributed by atoms with E-state index in [1.165, 1.54) is 0 Å². The Morgan fingerprint density at radius 1 is 0.700 bits per heavy atom. The average molecular weight is 262 g/mol. The molecule has 0 aliphatic rings. The predicted octanol–water partition coefficient (Wildman–Crippen LogP) is -0.680. The Morgan fingerprint density at radius 2 is 1.05 bits per heavy atom. The van der Waals surface area contributed by atoms with E-state index < -0.39 is 6.55 Å². The van der Waals surface area contributed by atoms with Gasteiger partial charge in [-0.25, -0.2) is 0 Å². The second-order valence-corrected chi connectivity index (χ2v) is 4.44. The smallest absolute Gasteiger partial charge is 0.561 e. The van der Waals surface area contributed by atoms with E-state index in [2.05, 4.69) is 24.3 Å². The van der Waals surface area contributed by atoms with Gasteiger partial charge in [0.2, 0.25) is 0 Å². The van der Waals surface area contributed by atoms with Crippen LogP contribution in [-0.2, 0) is 9.31 Å². The molecule has 2 aromatic carbocycles. The maximum Gasteiger partial charge on any atom is 1.00 e. The molecule has 0 amide bonds. The maximum atomic E-state index is 6.08. The standard InChI is InChI=1S/C16H20BO2.Li/c1-3-18-17(19-4-2,15-11-7-5-8-12-15)16-13-9-6-10-14-16;/h5-14H,3-4H2,1-2H3;/q-1;+1. The molecule has 2 nitrogen and oxygen atoms in total. The SMILES string of the molecule is CCO[B-](OCC)(c1ccccc1)c1ccccc1.[Li+]. The fourth-order valence-electron chi connectivity index (χ4n) is 2.51. The summed E-state index contributed by atoms with van der Waals surface area (Å²) in [5, 5.41) is 0. The van der Waals surface area contributed by atoms with Gasteiger partial charge in [0.25, 0.3) is 6.55 Å². The van der Waals surface area contributed by atoms with Gasteiger partial charge in [-0.2, -0.15) is 0 Å². The van der Waals surface area contributed by atoms with Crippen LogP contribution in [-0.4, -0.2) is 19.8 Å². The molecular formula is C16H20BLiO2. The third kappa shape index (κ3) is 3.56. The molecule has 0 aliphatic heterocycles. The van der Waals surface area contributed by atoms with Gasteiger partial charge in [-0.3, -0.25) is 0 Å². The summed E-state index contributed by atoms with van der Waals surface area (Å²) >= 11 is 0. The first-order valence-corrected chi connectivity index (χ1v) is 6.86. The minimum atomic E-state index is -1.59. The molecule has 0 unspecified atom stereocenters. The molecule has 0 saturated carbocycles. The van der Waals surface area contributed by atoms with E-state index in [4.69, 9.17) is 9.31 Å². The van der Waals surface area contributed by atoms with Crippen molar-refractivity contribution in [3.63, 3.8) is 0 Å². The molecule has 4 heteroatoms. The first kappa shape index (κ1) is 17.1. The number of benzene rings is 2. The Kier molecular flexibility index (Phi) is 7.12. The topological polar surface area (TPSA) is 18.5 Å². The fraction of sp³-hybridized carbons (Fsp3) is 0.250. The van der Waals surface area contributed by atoms with Crippen LogP contribution < -0.4 is 29.8 Å². The number of hydrogen-bond acceptors (Lipinski definition) is 2. The molecule has 2 aromatic rings. The Bertz CT molecular complexity index is 443. The van der Waals surface area contributed by atoms with Crippen LogP contribution in [0.4, 0.5) is 0 Å². The summed E-state index contributed by atoms with van der Waals surface area (Å²) in [6.07, 6.45) is 0. The third-order valence-electron chi connectivity index (χ3n) is 3.28. The molecule has 0 spiro atoms. The van der Waals surface area contributed by atoms with Crippen LogP contribution in [0.5, 0.6) is 0 Å². The van der Waals surface area contributed by atoms with Crippen LogP contribution >= 0.6 is 0 Å². The minimum absolute atomic E-state index is 0. The molecule has 0 bridgehead atoms. The summed E-state index contributed by atoms with van der Waals surface area (Å²) in [5.74, 6) is 0. The van der Waals surface area contributed by atoms with E-state index in [0.717, 1.165) is 10.9 Å². The van der Waals surface area contributed by atoms with Crippen LogP contribution in [0.1, 0.15) is 13.8 Å². The molecule has 0 atom stereocenters. The van der Waals surface area contributed by atoms with Gasteiger partial charge in [-0.1, -0.05) is 60.7 Å². The molecule has 20 heavy (non-hydrogen) atoms. The van der Waals surface area contributed by atoms with Gasteiger partial charge in [0.1, 0.15) is 0 Å². The van der Waals surface area contributed by atoms with Crippen molar-refractivity contribution in [2.75, 3.05) is 13.2 Å². The molecule has 0 radical (unpaired) electrons. The van der Waals surface area contributed by atoms with E-state index in [1.54, 1.807) is 0 Å². The van der Waals surface area contributed by atoms with Crippen molar-refractivity contribution in [1.29, 1.82) is 0 Å². The minimum Gasteiger partial charge on any atom is -0.561 e. The van der Waals surface area contributed by atoms with Gasteiger partial charge in [0, 0.05) is 0 Å². The van der Waals surface area contributed by atoms with Gasteiger partial charge < -0.3 is 9.31 Å². The number of hydrogen-bond donors (Lipinski definition) is 0. The Morgan fingerprint density at radius 3 is 1.35 bits per heavy atom. The van der Waals surface area contributed by atoms with Crippen molar-refractivity contribution in [1.82, 2.24) is 0 Å². The molecule has 0 heterocycles. The first-order valence-electron chi connectivity index (χ1n) is 6.86.